The molecule has 0 aromatic rings. The Morgan fingerprint density at radius 1 is 0.809 bits per heavy atom. The molecular weight excluding hydrogens is 612 g/mol. The number of methoxy groups -OCH3 is 1. The van der Waals surface area contributed by atoms with Gasteiger partial charge < -0.3 is 49.6 Å². The van der Waals surface area contributed by atoms with Gasteiger partial charge >= 0.3 is 5.97 Å². The quantitative estimate of drug-likeness (QED) is 0.0490. The first-order valence-electron chi connectivity index (χ1n) is 17.5. The lowest BCUT2D eigenvalue weighted by atomic mass is 9.96. The molecule has 6 atom stereocenters. The van der Waals surface area contributed by atoms with Crippen molar-refractivity contribution >= 4 is 17.8 Å². The van der Waals surface area contributed by atoms with Crippen LogP contribution < -0.4 is 5.32 Å². The lowest BCUT2D eigenvalue weighted by Gasteiger charge is -2.41. The molecule has 5 N–H and O–H groups in total. The zero-order chi connectivity index (χ0) is 34.9. The average Bonchev–Trinajstić information content (AvgIpc) is 3.06. The molecule has 0 spiro atoms. The molecule has 0 bridgehead atoms. The number of carbonyl (C=O) groups excluding carboxylic acids is 3. The number of ether oxygens (including phenoxy) is 4. The zero-order valence-electron chi connectivity index (χ0n) is 28.9. The summed E-state index contributed by atoms with van der Waals surface area (Å²) >= 11 is 0. The predicted octanol–water partition coefficient (Wildman–Crippen LogP) is 2.36. The van der Waals surface area contributed by atoms with Crippen molar-refractivity contribution in [2.45, 2.75) is 140 Å². The molecule has 0 radical (unpaired) electrons. The van der Waals surface area contributed by atoms with E-state index in [9.17, 15) is 34.8 Å². The SMILES string of the molecule is CCCCCCCC/C=C\CCCCCCCC(C(=O)NCC(=O)OCC)N(CCOCCOC)C(=O)C1O[C@@H](O)C(O)[C@H](O)[C@@H]1O. The third-order valence-corrected chi connectivity index (χ3v) is 8.15. The molecule has 0 aromatic heterocycles. The van der Waals surface area contributed by atoms with Crippen LogP contribution in [0.25, 0.3) is 0 Å². The minimum atomic E-state index is -1.93. The fraction of sp³-hybridized carbons (Fsp3) is 0.853. The lowest BCUT2D eigenvalue weighted by molar-refractivity contribution is -0.278. The van der Waals surface area contributed by atoms with E-state index < -0.39 is 61.1 Å². The number of rotatable bonds is 27. The van der Waals surface area contributed by atoms with Gasteiger partial charge in [-0.05, 0) is 39.0 Å². The highest BCUT2D eigenvalue weighted by Gasteiger charge is 2.48. The number of allylic oxidation sites excluding steroid dienone is 2. The molecule has 0 aliphatic carbocycles. The molecule has 47 heavy (non-hydrogen) atoms. The van der Waals surface area contributed by atoms with Crippen molar-refractivity contribution in [3.63, 3.8) is 0 Å². The van der Waals surface area contributed by atoms with E-state index in [1.54, 1.807) is 6.92 Å². The van der Waals surface area contributed by atoms with Gasteiger partial charge in [-0.1, -0.05) is 76.9 Å². The molecule has 1 saturated heterocycles. The van der Waals surface area contributed by atoms with Crippen LogP contribution >= 0.6 is 0 Å². The number of hydrogen-bond donors (Lipinski definition) is 5. The van der Waals surface area contributed by atoms with Crippen LogP contribution in [0.1, 0.15) is 104 Å². The van der Waals surface area contributed by atoms with Crippen LogP contribution in [-0.4, -0.2) is 126 Å². The molecular formula is C34H62N2O11. The molecule has 0 saturated carbocycles. The van der Waals surface area contributed by atoms with Crippen LogP contribution in [0.5, 0.6) is 0 Å². The molecule has 1 heterocycles. The lowest BCUT2D eigenvalue weighted by Crippen LogP contribution is -2.64. The third-order valence-electron chi connectivity index (χ3n) is 8.15. The second-order valence-corrected chi connectivity index (χ2v) is 12.0. The molecule has 2 amide bonds. The highest BCUT2D eigenvalue weighted by atomic mass is 16.6. The molecule has 1 rings (SSSR count). The van der Waals surface area contributed by atoms with Crippen LogP contribution in [0.4, 0.5) is 0 Å². The van der Waals surface area contributed by atoms with Crippen molar-refractivity contribution in [3.8, 4) is 0 Å². The van der Waals surface area contributed by atoms with Gasteiger partial charge in [0.15, 0.2) is 12.4 Å². The van der Waals surface area contributed by atoms with Crippen LogP contribution in [0.2, 0.25) is 0 Å². The van der Waals surface area contributed by atoms with Gasteiger partial charge in [-0.3, -0.25) is 14.4 Å². The molecule has 13 nitrogen and oxygen atoms in total. The first-order chi connectivity index (χ1) is 22.7. The van der Waals surface area contributed by atoms with Gasteiger partial charge in [0.25, 0.3) is 5.91 Å². The summed E-state index contributed by atoms with van der Waals surface area (Å²) in [6, 6.07) is -1.08. The summed E-state index contributed by atoms with van der Waals surface area (Å²) in [5.41, 5.74) is 0. The summed E-state index contributed by atoms with van der Waals surface area (Å²) in [6.07, 6.45) is 9.89. The van der Waals surface area contributed by atoms with E-state index in [2.05, 4.69) is 24.4 Å². The molecule has 0 aromatic carbocycles. The van der Waals surface area contributed by atoms with Gasteiger partial charge in [-0.25, -0.2) is 0 Å². The highest BCUT2D eigenvalue weighted by molar-refractivity contribution is 5.91. The monoisotopic (exact) mass is 674 g/mol. The van der Waals surface area contributed by atoms with E-state index in [0.29, 0.717) is 13.0 Å². The summed E-state index contributed by atoms with van der Waals surface area (Å²) in [5.74, 6) is -2.11. The number of hydrogen-bond acceptors (Lipinski definition) is 11. The minimum absolute atomic E-state index is 0.0136. The van der Waals surface area contributed by atoms with Gasteiger partial charge in [0, 0.05) is 13.7 Å². The zero-order valence-corrected chi connectivity index (χ0v) is 28.9. The summed E-state index contributed by atoms with van der Waals surface area (Å²) < 4.78 is 20.6. The Bertz CT molecular complexity index is 875. The molecule has 3 unspecified atom stereocenters. The van der Waals surface area contributed by atoms with E-state index in [1.165, 1.54) is 50.5 Å². The highest BCUT2D eigenvalue weighted by Crippen LogP contribution is 2.24. The summed E-state index contributed by atoms with van der Waals surface area (Å²) in [5, 5.41) is 43.2. The molecule has 1 aliphatic rings. The predicted molar refractivity (Wildman–Crippen MR) is 176 cm³/mol. The average molecular weight is 675 g/mol. The summed E-state index contributed by atoms with van der Waals surface area (Å²) in [7, 11) is 1.52. The molecule has 1 fully saturated rings. The normalized spacial score (nSPS) is 21.9. The smallest absolute Gasteiger partial charge is 0.325 e. The summed E-state index contributed by atoms with van der Waals surface area (Å²) in [4.78, 5) is 40.3. The van der Waals surface area contributed by atoms with E-state index in [1.807, 2.05) is 0 Å². The fourth-order valence-electron chi connectivity index (χ4n) is 5.38. The van der Waals surface area contributed by atoms with Gasteiger partial charge in [0.1, 0.15) is 30.9 Å². The Balaban J connectivity index is 2.82. The maximum atomic E-state index is 13.8. The number of carbonyl (C=O) groups is 3. The van der Waals surface area contributed by atoms with Crippen molar-refractivity contribution in [1.29, 1.82) is 0 Å². The second-order valence-electron chi connectivity index (χ2n) is 12.0. The number of nitrogens with zero attached hydrogens (tertiary/aromatic N) is 1. The molecule has 13 heteroatoms. The fourth-order valence-corrected chi connectivity index (χ4v) is 5.38. The first kappa shape index (κ1) is 42.9. The van der Waals surface area contributed by atoms with Crippen LogP contribution in [0.3, 0.4) is 0 Å². The van der Waals surface area contributed by atoms with Crippen molar-refractivity contribution in [1.82, 2.24) is 10.2 Å². The maximum absolute atomic E-state index is 13.8. The Labute approximate surface area is 281 Å². The number of aliphatic hydroxyl groups is 4. The Hall–Kier alpha value is -2.13. The van der Waals surface area contributed by atoms with E-state index >= 15 is 0 Å². The number of aliphatic hydroxyl groups excluding tert-OH is 4. The van der Waals surface area contributed by atoms with Crippen molar-refractivity contribution in [2.24, 2.45) is 0 Å². The van der Waals surface area contributed by atoms with E-state index in [0.717, 1.165) is 38.5 Å². The van der Waals surface area contributed by atoms with Crippen molar-refractivity contribution in [3.05, 3.63) is 12.2 Å². The number of nitrogens with one attached hydrogen (secondary N) is 1. The maximum Gasteiger partial charge on any atom is 0.325 e. The van der Waals surface area contributed by atoms with Gasteiger partial charge in [-0.15, -0.1) is 0 Å². The van der Waals surface area contributed by atoms with Crippen molar-refractivity contribution < 1.29 is 53.8 Å². The molecule has 274 valence electrons. The second kappa shape index (κ2) is 26.8. The van der Waals surface area contributed by atoms with E-state index in [4.69, 9.17) is 18.9 Å². The third kappa shape index (κ3) is 17.7. The van der Waals surface area contributed by atoms with Gasteiger partial charge in [-0.2, -0.15) is 0 Å². The largest absolute Gasteiger partial charge is 0.465 e. The Morgan fingerprint density at radius 2 is 1.43 bits per heavy atom. The number of amides is 2. The Kier molecular flexibility index (Phi) is 24.4. The number of esters is 1. The van der Waals surface area contributed by atoms with Crippen LogP contribution in [0, 0.1) is 0 Å². The topological polar surface area (TPSA) is 184 Å². The number of unbranched alkanes of at least 4 members (excludes halogenated alkanes) is 11. The van der Waals surface area contributed by atoms with Crippen LogP contribution in [-0.2, 0) is 33.3 Å². The molecule has 1 aliphatic heterocycles. The van der Waals surface area contributed by atoms with Crippen molar-refractivity contribution in [2.75, 3.05) is 46.6 Å². The minimum Gasteiger partial charge on any atom is -0.465 e. The van der Waals surface area contributed by atoms with E-state index in [-0.39, 0.29) is 32.8 Å². The summed E-state index contributed by atoms with van der Waals surface area (Å²) in [6.45, 7) is 4.09. The van der Waals surface area contributed by atoms with Gasteiger partial charge in [0.05, 0.1) is 26.4 Å². The van der Waals surface area contributed by atoms with Crippen LogP contribution in [0.15, 0.2) is 12.2 Å². The van der Waals surface area contributed by atoms with Gasteiger partial charge in [0.2, 0.25) is 5.91 Å². The standard InChI is InChI=1S/C34H62N2O11/c1-4-6-7-8-9-10-11-12-13-14-15-16-17-18-19-20-26(32(41)35-25-27(37)46-5-2)36(21-22-45-24-23-44-3)33(42)31-29(39)28(38)30(40)34(43)47-31/h12-13,26,28-31,34,38-40,43H,4-11,14-25H2,1-3H3,(H,35,41)/b13-12-/t26?,28-,29+,30?,31?,34-/m1/s1. The Morgan fingerprint density at radius 3 is 2.04 bits per heavy atom. The first-order valence-corrected chi connectivity index (χ1v) is 17.5.